The molecule has 5 heteroatoms. The van der Waals surface area contributed by atoms with Gasteiger partial charge in [-0.1, -0.05) is 0 Å². The number of hydrogen-bond acceptors (Lipinski definition) is 3. The van der Waals surface area contributed by atoms with Gasteiger partial charge >= 0.3 is 6.03 Å². The van der Waals surface area contributed by atoms with Crippen LogP contribution in [0.1, 0.15) is 0 Å². The van der Waals surface area contributed by atoms with Crippen LogP contribution in [0.5, 0.6) is 0 Å². The fraction of sp³-hybridized carbons (Fsp3) is 0.500. The molecule has 11 heavy (non-hydrogen) atoms. The molecule has 1 unspecified atom stereocenters. The Hall–Kier alpha value is -1.23. The Labute approximate surface area is 64.1 Å². The van der Waals surface area contributed by atoms with Crippen LogP contribution in [0.4, 0.5) is 4.79 Å². The van der Waals surface area contributed by atoms with E-state index in [2.05, 4.69) is 10.3 Å². The van der Waals surface area contributed by atoms with Crippen LogP contribution in [0.25, 0.3) is 0 Å². The molecule has 0 saturated heterocycles. The fourth-order valence-electron chi connectivity index (χ4n) is 0.785. The number of urea groups is 1. The van der Waals surface area contributed by atoms with Crippen molar-refractivity contribution in [1.82, 2.24) is 10.2 Å². The van der Waals surface area contributed by atoms with Crippen molar-refractivity contribution in [1.29, 1.82) is 0 Å². The second kappa shape index (κ2) is 2.79. The number of amides is 3. The third kappa shape index (κ3) is 1.62. The molecule has 60 valence electrons. The predicted molar refractivity (Wildman–Crippen MR) is 39.5 cm³/mol. The molecule has 1 atom stereocenters. The van der Waals surface area contributed by atoms with Crippen LogP contribution in [-0.2, 0) is 4.79 Å². The number of carbonyl (C=O) groups excluding carboxylic acids is 2. The normalized spacial score (nSPS) is 24.1. The fourth-order valence-corrected chi connectivity index (χ4v) is 0.785. The Kier molecular flexibility index (Phi) is 2.00. The molecule has 5 nitrogen and oxygen atoms in total. The van der Waals surface area contributed by atoms with E-state index in [1.54, 1.807) is 19.0 Å². The number of likely N-dealkylation sites (N-methyl/N-ethyl adjacent to an activating group) is 1. The number of nitrogens with zero attached hydrogens (tertiary/aromatic N) is 2. The van der Waals surface area contributed by atoms with Crippen LogP contribution in [0.2, 0.25) is 0 Å². The van der Waals surface area contributed by atoms with Crippen molar-refractivity contribution in [2.24, 2.45) is 4.99 Å². The van der Waals surface area contributed by atoms with Gasteiger partial charge in [0.1, 0.15) is 6.04 Å². The summed E-state index contributed by atoms with van der Waals surface area (Å²) in [4.78, 5) is 26.6. The van der Waals surface area contributed by atoms with Crippen molar-refractivity contribution in [3.63, 3.8) is 0 Å². The number of hydrogen-bond donors (Lipinski definition) is 1. The maximum absolute atomic E-state index is 11.0. The lowest BCUT2D eigenvalue weighted by atomic mass is 10.2. The molecule has 0 saturated carbocycles. The Morgan fingerprint density at radius 3 is 2.64 bits per heavy atom. The molecule has 0 spiro atoms. The summed E-state index contributed by atoms with van der Waals surface area (Å²) in [7, 11) is 3.48. The van der Waals surface area contributed by atoms with Crippen LogP contribution in [0, 0.1) is 0 Å². The van der Waals surface area contributed by atoms with Gasteiger partial charge in [-0.15, -0.1) is 0 Å². The zero-order valence-corrected chi connectivity index (χ0v) is 6.37. The lowest BCUT2D eigenvalue weighted by Crippen LogP contribution is -2.49. The molecule has 0 bridgehead atoms. The molecular weight excluding hydrogens is 146 g/mol. The summed E-state index contributed by atoms with van der Waals surface area (Å²) in [5.41, 5.74) is 0. The highest BCUT2D eigenvalue weighted by Crippen LogP contribution is 1.95. The van der Waals surface area contributed by atoms with Crippen molar-refractivity contribution < 1.29 is 9.59 Å². The van der Waals surface area contributed by atoms with E-state index in [0.717, 1.165) is 0 Å². The summed E-state index contributed by atoms with van der Waals surface area (Å²) in [6, 6.07) is -1.01. The molecule has 1 N–H and O–H groups in total. The van der Waals surface area contributed by atoms with Crippen molar-refractivity contribution in [3.05, 3.63) is 0 Å². The maximum atomic E-state index is 11.0. The van der Waals surface area contributed by atoms with Crippen LogP contribution in [0.3, 0.4) is 0 Å². The van der Waals surface area contributed by atoms with Gasteiger partial charge in [0.15, 0.2) is 0 Å². The summed E-state index contributed by atoms with van der Waals surface area (Å²) in [5.74, 6) is -0.324. The Morgan fingerprint density at radius 2 is 2.18 bits per heavy atom. The minimum Gasteiger partial charge on any atom is -0.294 e. The number of nitrogens with one attached hydrogen (secondary N) is 1. The largest absolute Gasteiger partial charge is 0.347 e. The monoisotopic (exact) mass is 155 g/mol. The highest BCUT2D eigenvalue weighted by Gasteiger charge is 2.24. The zero-order valence-electron chi connectivity index (χ0n) is 6.37. The van der Waals surface area contributed by atoms with Gasteiger partial charge in [-0.25, -0.2) is 9.79 Å². The Bertz CT molecular complexity index is 222. The average molecular weight is 155 g/mol. The topological polar surface area (TPSA) is 61.8 Å². The molecule has 0 aromatic heterocycles. The van der Waals surface area contributed by atoms with Gasteiger partial charge in [0.2, 0.25) is 0 Å². The molecular formula is C6H9N3O2. The molecule has 0 aromatic carbocycles. The third-order valence-electron chi connectivity index (χ3n) is 1.39. The van der Waals surface area contributed by atoms with Gasteiger partial charge in [-0.3, -0.25) is 15.0 Å². The van der Waals surface area contributed by atoms with Crippen molar-refractivity contribution in [2.75, 3.05) is 14.1 Å². The van der Waals surface area contributed by atoms with E-state index < -0.39 is 12.1 Å². The maximum Gasteiger partial charge on any atom is 0.347 e. The van der Waals surface area contributed by atoms with Gasteiger partial charge in [0.25, 0.3) is 5.91 Å². The van der Waals surface area contributed by atoms with Crippen molar-refractivity contribution in [2.45, 2.75) is 6.04 Å². The lowest BCUT2D eigenvalue weighted by molar-refractivity contribution is -0.122. The summed E-state index contributed by atoms with van der Waals surface area (Å²) in [5, 5.41) is 2.09. The van der Waals surface area contributed by atoms with Crippen molar-refractivity contribution in [3.8, 4) is 0 Å². The minimum absolute atomic E-state index is 0.324. The molecule has 0 aliphatic carbocycles. The third-order valence-corrected chi connectivity index (χ3v) is 1.39. The summed E-state index contributed by atoms with van der Waals surface area (Å²) >= 11 is 0. The van der Waals surface area contributed by atoms with Gasteiger partial charge in [-0.05, 0) is 14.1 Å². The van der Waals surface area contributed by atoms with E-state index in [-0.39, 0.29) is 5.91 Å². The van der Waals surface area contributed by atoms with Gasteiger partial charge < -0.3 is 0 Å². The van der Waals surface area contributed by atoms with Gasteiger partial charge in [0.05, 0.1) is 0 Å². The van der Waals surface area contributed by atoms with Gasteiger partial charge in [0, 0.05) is 6.21 Å². The first-order chi connectivity index (χ1) is 5.11. The number of rotatable bonds is 1. The predicted octanol–water partition coefficient (Wildman–Crippen LogP) is -0.763. The molecule has 3 amide bonds. The van der Waals surface area contributed by atoms with E-state index in [1.807, 2.05) is 0 Å². The highest BCUT2D eigenvalue weighted by molar-refractivity contribution is 6.11. The lowest BCUT2D eigenvalue weighted by Gasteiger charge is -2.20. The van der Waals surface area contributed by atoms with E-state index in [9.17, 15) is 9.59 Å². The minimum atomic E-state index is -0.590. The molecule has 0 fully saturated rings. The molecule has 1 heterocycles. The Morgan fingerprint density at radius 1 is 1.55 bits per heavy atom. The zero-order chi connectivity index (χ0) is 8.43. The average Bonchev–Trinajstić information content (AvgIpc) is 1.85. The molecule has 1 rings (SSSR count). The van der Waals surface area contributed by atoms with Gasteiger partial charge in [-0.2, -0.15) is 0 Å². The van der Waals surface area contributed by atoms with Crippen LogP contribution < -0.4 is 5.32 Å². The number of imide groups is 1. The van der Waals surface area contributed by atoms with Crippen LogP contribution >= 0.6 is 0 Å². The SMILES string of the molecule is CN(C)C1C=NC(=O)NC1=O. The highest BCUT2D eigenvalue weighted by atomic mass is 16.2. The quantitative estimate of drug-likeness (QED) is 0.541. The summed E-state index contributed by atoms with van der Waals surface area (Å²) in [6.45, 7) is 0. The van der Waals surface area contributed by atoms with E-state index in [1.165, 1.54) is 6.21 Å². The first-order valence-corrected chi connectivity index (χ1v) is 3.16. The van der Waals surface area contributed by atoms with E-state index in [4.69, 9.17) is 0 Å². The second-order valence-electron chi connectivity index (χ2n) is 2.48. The van der Waals surface area contributed by atoms with Crippen LogP contribution in [-0.4, -0.2) is 43.2 Å². The first-order valence-electron chi connectivity index (χ1n) is 3.16. The standard InChI is InChI=1S/C6H9N3O2/c1-9(2)4-3-7-6(11)8-5(4)10/h3-4H,1-2H3,(H,8,10,11). The molecule has 1 aliphatic rings. The van der Waals surface area contributed by atoms with Crippen LogP contribution in [0.15, 0.2) is 4.99 Å². The van der Waals surface area contributed by atoms with E-state index in [0.29, 0.717) is 0 Å². The van der Waals surface area contributed by atoms with E-state index >= 15 is 0 Å². The summed E-state index contributed by atoms with van der Waals surface area (Å²) < 4.78 is 0. The molecule has 0 aromatic rings. The smallest absolute Gasteiger partial charge is 0.294 e. The Balaban J connectivity index is 2.76. The molecule has 0 radical (unpaired) electrons. The summed E-state index contributed by atoms with van der Waals surface area (Å²) in [6.07, 6.45) is 1.33. The van der Waals surface area contributed by atoms with Crippen molar-refractivity contribution >= 4 is 18.2 Å². The number of carbonyl (C=O) groups is 2. The second-order valence-corrected chi connectivity index (χ2v) is 2.48. The first kappa shape index (κ1) is 7.87. The number of aliphatic imine (C=N–C) groups is 1. The molecule has 1 aliphatic heterocycles.